The Morgan fingerprint density at radius 1 is 0.913 bits per heavy atom. The van der Waals surface area contributed by atoms with E-state index in [0.717, 1.165) is 6.07 Å². The lowest BCUT2D eigenvalue weighted by Crippen LogP contribution is -2.21. The number of nitrogens with one attached hydrogen (secondary N) is 2. The second kappa shape index (κ2) is 7.64. The van der Waals surface area contributed by atoms with E-state index in [1.165, 1.54) is 24.3 Å². The fraction of sp³-hybridized carbons (Fsp3) is 0.0667. The fourth-order valence-corrected chi connectivity index (χ4v) is 2.35. The monoisotopic (exact) mass is 374 g/mol. The molecule has 120 valence electrons. The SMILES string of the molecule is O=C(CC(=O)Nc1ccc(Cl)cc1Cl)Nc1ccc(F)c(Cl)c1. The first-order valence-electron chi connectivity index (χ1n) is 6.35. The number of rotatable bonds is 4. The zero-order valence-corrected chi connectivity index (χ0v) is 13.8. The molecule has 0 spiro atoms. The van der Waals surface area contributed by atoms with Crippen LogP contribution < -0.4 is 10.6 Å². The minimum absolute atomic E-state index is 0.125. The summed E-state index contributed by atoms with van der Waals surface area (Å²) in [6, 6.07) is 8.27. The summed E-state index contributed by atoms with van der Waals surface area (Å²) in [6.45, 7) is 0. The van der Waals surface area contributed by atoms with Gasteiger partial charge in [0.1, 0.15) is 12.2 Å². The van der Waals surface area contributed by atoms with Crippen LogP contribution in [0.2, 0.25) is 15.1 Å². The summed E-state index contributed by atoms with van der Waals surface area (Å²) in [7, 11) is 0. The summed E-state index contributed by atoms with van der Waals surface area (Å²) in [6.07, 6.45) is -0.437. The minimum Gasteiger partial charge on any atom is -0.326 e. The Balaban J connectivity index is 1.94. The van der Waals surface area contributed by atoms with Gasteiger partial charge in [0.25, 0.3) is 0 Å². The molecule has 23 heavy (non-hydrogen) atoms. The van der Waals surface area contributed by atoms with E-state index < -0.39 is 24.1 Å². The van der Waals surface area contributed by atoms with Crippen LogP contribution in [-0.2, 0) is 9.59 Å². The van der Waals surface area contributed by atoms with Crippen LogP contribution >= 0.6 is 34.8 Å². The lowest BCUT2D eigenvalue weighted by Gasteiger charge is -2.08. The summed E-state index contributed by atoms with van der Waals surface area (Å²) in [4.78, 5) is 23.6. The number of amides is 2. The predicted molar refractivity (Wildman–Crippen MR) is 89.7 cm³/mol. The molecular weight excluding hydrogens is 366 g/mol. The molecule has 0 saturated heterocycles. The Morgan fingerprint density at radius 3 is 2.26 bits per heavy atom. The molecule has 2 rings (SSSR count). The summed E-state index contributed by atoms with van der Waals surface area (Å²) in [5, 5.41) is 5.51. The molecule has 0 aliphatic rings. The first kappa shape index (κ1) is 17.5. The molecule has 0 aliphatic heterocycles. The number of benzene rings is 2. The van der Waals surface area contributed by atoms with Gasteiger partial charge in [-0.3, -0.25) is 9.59 Å². The second-order valence-electron chi connectivity index (χ2n) is 4.53. The molecule has 0 aromatic heterocycles. The molecule has 0 bridgehead atoms. The van der Waals surface area contributed by atoms with Crippen molar-refractivity contribution in [1.82, 2.24) is 0 Å². The summed E-state index contributed by atoms with van der Waals surface area (Å²) >= 11 is 17.3. The Labute approximate surface area is 146 Å². The molecule has 2 N–H and O–H groups in total. The Bertz CT molecular complexity index is 768. The van der Waals surface area contributed by atoms with Crippen molar-refractivity contribution in [2.45, 2.75) is 6.42 Å². The van der Waals surface area contributed by atoms with Gasteiger partial charge in [0, 0.05) is 10.7 Å². The van der Waals surface area contributed by atoms with Gasteiger partial charge in [-0.15, -0.1) is 0 Å². The normalized spacial score (nSPS) is 10.3. The van der Waals surface area contributed by atoms with Gasteiger partial charge in [0.05, 0.1) is 15.7 Å². The Morgan fingerprint density at radius 2 is 1.61 bits per heavy atom. The standard InChI is InChI=1S/C15H10Cl3FN2O2/c16-8-1-4-13(11(18)5-8)21-15(23)7-14(22)20-9-2-3-12(19)10(17)6-9/h1-6H,7H2,(H,20,22)(H,21,23). The van der Waals surface area contributed by atoms with Crippen LogP contribution in [0.5, 0.6) is 0 Å². The molecule has 0 aliphatic carbocycles. The van der Waals surface area contributed by atoms with E-state index in [2.05, 4.69) is 10.6 Å². The van der Waals surface area contributed by atoms with E-state index in [1.807, 2.05) is 0 Å². The van der Waals surface area contributed by atoms with Gasteiger partial charge in [0.2, 0.25) is 11.8 Å². The first-order valence-corrected chi connectivity index (χ1v) is 7.48. The molecule has 0 fully saturated rings. The zero-order chi connectivity index (χ0) is 17.0. The van der Waals surface area contributed by atoms with Crippen molar-refractivity contribution in [2.24, 2.45) is 0 Å². The van der Waals surface area contributed by atoms with E-state index in [4.69, 9.17) is 34.8 Å². The van der Waals surface area contributed by atoms with E-state index in [1.54, 1.807) is 6.07 Å². The number of anilines is 2. The third kappa shape index (κ3) is 5.10. The van der Waals surface area contributed by atoms with Crippen molar-refractivity contribution in [1.29, 1.82) is 0 Å². The minimum atomic E-state index is -0.597. The van der Waals surface area contributed by atoms with Gasteiger partial charge in [0.15, 0.2) is 0 Å². The van der Waals surface area contributed by atoms with Crippen LogP contribution in [-0.4, -0.2) is 11.8 Å². The van der Waals surface area contributed by atoms with Gasteiger partial charge in [-0.25, -0.2) is 4.39 Å². The molecule has 0 unspecified atom stereocenters. The quantitative estimate of drug-likeness (QED) is 0.757. The van der Waals surface area contributed by atoms with Gasteiger partial charge in [-0.2, -0.15) is 0 Å². The average Bonchev–Trinajstić information content (AvgIpc) is 2.46. The average molecular weight is 376 g/mol. The summed E-state index contributed by atoms with van der Waals surface area (Å²) < 4.78 is 13.0. The van der Waals surface area contributed by atoms with Crippen LogP contribution in [0.3, 0.4) is 0 Å². The molecular formula is C15H10Cl3FN2O2. The maximum absolute atomic E-state index is 13.0. The van der Waals surface area contributed by atoms with Gasteiger partial charge in [-0.05, 0) is 36.4 Å². The highest BCUT2D eigenvalue weighted by Crippen LogP contribution is 2.25. The summed E-state index contributed by atoms with van der Waals surface area (Å²) in [5.41, 5.74) is 0.636. The predicted octanol–water partition coefficient (Wildman–Crippen LogP) is 4.75. The molecule has 4 nitrogen and oxygen atoms in total. The zero-order valence-electron chi connectivity index (χ0n) is 11.5. The Hall–Kier alpha value is -1.82. The summed E-state index contributed by atoms with van der Waals surface area (Å²) in [5.74, 6) is -1.73. The topological polar surface area (TPSA) is 58.2 Å². The third-order valence-corrected chi connectivity index (χ3v) is 3.57. The number of halogens is 4. The van der Waals surface area contributed by atoms with Crippen molar-refractivity contribution < 1.29 is 14.0 Å². The van der Waals surface area contributed by atoms with Gasteiger partial charge >= 0.3 is 0 Å². The molecule has 0 saturated carbocycles. The van der Waals surface area contributed by atoms with Crippen molar-refractivity contribution in [3.63, 3.8) is 0 Å². The highest BCUT2D eigenvalue weighted by molar-refractivity contribution is 6.36. The van der Waals surface area contributed by atoms with Crippen LogP contribution in [0.15, 0.2) is 36.4 Å². The maximum Gasteiger partial charge on any atom is 0.233 e. The lowest BCUT2D eigenvalue weighted by atomic mass is 10.2. The number of hydrogen-bond donors (Lipinski definition) is 2. The van der Waals surface area contributed by atoms with Gasteiger partial charge in [-0.1, -0.05) is 34.8 Å². The lowest BCUT2D eigenvalue weighted by molar-refractivity contribution is -0.123. The molecule has 0 atom stereocenters. The number of carbonyl (C=O) groups excluding carboxylic acids is 2. The van der Waals surface area contributed by atoms with Gasteiger partial charge < -0.3 is 10.6 Å². The smallest absolute Gasteiger partial charge is 0.233 e. The van der Waals surface area contributed by atoms with Crippen molar-refractivity contribution in [3.8, 4) is 0 Å². The Kier molecular flexibility index (Phi) is 5.82. The van der Waals surface area contributed by atoms with E-state index >= 15 is 0 Å². The first-order chi connectivity index (χ1) is 10.8. The molecule has 2 aromatic carbocycles. The number of hydrogen-bond acceptors (Lipinski definition) is 2. The van der Waals surface area contributed by atoms with Crippen LogP contribution in [0.25, 0.3) is 0 Å². The molecule has 8 heteroatoms. The van der Waals surface area contributed by atoms with Crippen LogP contribution in [0.1, 0.15) is 6.42 Å². The largest absolute Gasteiger partial charge is 0.326 e. The number of carbonyl (C=O) groups is 2. The highest BCUT2D eigenvalue weighted by atomic mass is 35.5. The van der Waals surface area contributed by atoms with E-state index in [-0.39, 0.29) is 10.0 Å². The van der Waals surface area contributed by atoms with Crippen LogP contribution in [0.4, 0.5) is 15.8 Å². The van der Waals surface area contributed by atoms with E-state index in [0.29, 0.717) is 16.4 Å². The maximum atomic E-state index is 13.0. The molecule has 2 aromatic rings. The molecule has 2 amide bonds. The fourth-order valence-electron chi connectivity index (χ4n) is 1.71. The van der Waals surface area contributed by atoms with Crippen LogP contribution in [0, 0.1) is 5.82 Å². The van der Waals surface area contributed by atoms with Crippen molar-refractivity contribution in [3.05, 3.63) is 57.3 Å². The van der Waals surface area contributed by atoms with E-state index in [9.17, 15) is 14.0 Å². The van der Waals surface area contributed by atoms with Crippen molar-refractivity contribution >= 4 is 58.0 Å². The molecule has 0 heterocycles. The highest BCUT2D eigenvalue weighted by Gasteiger charge is 2.12. The van der Waals surface area contributed by atoms with Crippen molar-refractivity contribution in [2.75, 3.05) is 10.6 Å². The molecule has 0 radical (unpaired) electrons. The third-order valence-electron chi connectivity index (χ3n) is 2.73. The second-order valence-corrected chi connectivity index (χ2v) is 5.78.